The van der Waals surface area contributed by atoms with E-state index < -0.39 is 12.1 Å². The number of nitrogens with one attached hydrogen (secondary N) is 1. The normalized spacial score (nSPS) is 16.0. The standard InChI is InChI=1S/C20H26ClNO5/c1-13(20(24)22-15-7-5-4-6-8-15)27-18(23)10-9-14-11-16(21)19(26-3)17(12-14)25-2/h9-13,15H,4-8H2,1-3H3,(H,22,24)/b10-9+. The molecule has 0 heterocycles. The smallest absolute Gasteiger partial charge is 0.331 e. The second-order valence-electron chi connectivity index (χ2n) is 6.49. The van der Waals surface area contributed by atoms with Crippen molar-refractivity contribution in [3.63, 3.8) is 0 Å². The fourth-order valence-corrected chi connectivity index (χ4v) is 3.33. The highest BCUT2D eigenvalue weighted by atomic mass is 35.5. The predicted molar refractivity (Wildman–Crippen MR) is 104 cm³/mol. The van der Waals surface area contributed by atoms with Gasteiger partial charge in [0.15, 0.2) is 17.6 Å². The molecule has 148 valence electrons. The number of benzene rings is 1. The van der Waals surface area contributed by atoms with Gasteiger partial charge in [0, 0.05) is 12.1 Å². The summed E-state index contributed by atoms with van der Waals surface area (Å²) in [5.41, 5.74) is 0.647. The summed E-state index contributed by atoms with van der Waals surface area (Å²) >= 11 is 6.14. The number of amides is 1. The minimum Gasteiger partial charge on any atom is -0.493 e. The average molecular weight is 396 g/mol. The molecule has 1 fully saturated rings. The fraction of sp³-hybridized carbons (Fsp3) is 0.500. The number of carbonyl (C=O) groups excluding carboxylic acids is 2. The summed E-state index contributed by atoms with van der Waals surface area (Å²) in [6.07, 6.45) is 7.36. The Kier molecular flexibility index (Phi) is 7.98. The van der Waals surface area contributed by atoms with Gasteiger partial charge in [0.05, 0.1) is 19.2 Å². The van der Waals surface area contributed by atoms with Crippen molar-refractivity contribution in [2.24, 2.45) is 0 Å². The second kappa shape index (κ2) is 10.2. The number of rotatable bonds is 7. The largest absolute Gasteiger partial charge is 0.493 e. The summed E-state index contributed by atoms with van der Waals surface area (Å²) < 4.78 is 15.6. The first kappa shape index (κ1) is 21.1. The minimum atomic E-state index is -0.849. The van der Waals surface area contributed by atoms with E-state index >= 15 is 0 Å². The molecule has 1 N–H and O–H groups in total. The predicted octanol–water partition coefficient (Wildman–Crippen LogP) is 3.75. The van der Waals surface area contributed by atoms with E-state index in [2.05, 4.69) is 5.32 Å². The van der Waals surface area contributed by atoms with Crippen LogP contribution < -0.4 is 14.8 Å². The molecular weight excluding hydrogens is 370 g/mol. The van der Waals surface area contributed by atoms with Gasteiger partial charge in [-0.3, -0.25) is 4.79 Å². The van der Waals surface area contributed by atoms with E-state index in [4.69, 9.17) is 25.8 Å². The lowest BCUT2D eigenvalue weighted by molar-refractivity contribution is -0.150. The van der Waals surface area contributed by atoms with Crippen LogP contribution >= 0.6 is 11.6 Å². The summed E-state index contributed by atoms with van der Waals surface area (Å²) in [4.78, 5) is 24.2. The average Bonchev–Trinajstić information content (AvgIpc) is 2.66. The van der Waals surface area contributed by atoms with E-state index in [0.717, 1.165) is 25.7 Å². The molecule has 1 saturated carbocycles. The Hall–Kier alpha value is -2.21. The summed E-state index contributed by atoms with van der Waals surface area (Å²) in [6, 6.07) is 3.51. The molecule has 7 heteroatoms. The van der Waals surface area contributed by atoms with Gasteiger partial charge in [-0.25, -0.2) is 4.79 Å². The van der Waals surface area contributed by atoms with Gasteiger partial charge in [-0.15, -0.1) is 0 Å². The maximum absolute atomic E-state index is 12.2. The number of hydrogen-bond acceptors (Lipinski definition) is 5. The van der Waals surface area contributed by atoms with Gasteiger partial charge in [0.25, 0.3) is 5.91 Å². The van der Waals surface area contributed by atoms with Gasteiger partial charge in [-0.1, -0.05) is 30.9 Å². The number of carbonyl (C=O) groups is 2. The van der Waals surface area contributed by atoms with E-state index in [-0.39, 0.29) is 11.9 Å². The maximum atomic E-state index is 12.2. The third-order valence-corrected chi connectivity index (χ3v) is 4.76. The third kappa shape index (κ3) is 6.17. The van der Waals surface area contributed by atoms with Crippen molar-refractivity contribution in [3.8, 4) is 11.5 Å². The zero-order chi connectivity index (χ0) is 19.8. The van der Waals surface area contributed by atoms with E-state index in [0.29, 0.717) is 22.1 Å². The van der Waals surface area contributed by atoms with E-state index in [9.17, 15) is 9.59 Å². The molecule has 27 heavy (non-hydrogen) atoms. The zero-order valence-electron chi connectivity index (χ0n) is 15.9. The summed E-state index contributed by atoms with van der Waals surface area (Å²) in [5, 5.41) is 3.31. The molecule has 0 aliphatic heterocycles. The summed E-state index contributed by atoms with van der Waals surface area (Å²) in [6.45, 7) is 1.57. The van der Waals surface area contributed by atoms with Crippen LogP contribution in [0.1, 0.15) is 44.6 Å². The van der Waals surface area contributed by atoms with Crippen LogP contribution in [-0.4, -0.2) is 38.2 Å². The third-order valence-electron chi connectivity index (χ3n) is 4.48. The Morgan fingerprint density at radius 2 is 1.89 bits per heavy atom. The number of methoxy groups -OCH3 is 2. The molecule has 1 aromatic carbocycles. The molecule has 0 radical (unpaired) electrons. The molecule has 1 aliphatic carbocycles. The topological polar surface area (TPSA) is 73.9 Å². The summed E-state index contributed by atoms with van der Waals surface area (Å²) in [7, 11) is 3.00. The number of ether oxygens (including phenoxy) is 3. The Morgan fingerprint density at radius 3 is 2.52 bits per heavy atom. The van der Waals surface area contributed by atoms with Gasteiger partial charge in [0.2, 0.25) is 0 Å². The molecule has 1 amide bonds. The van der Waals surface area contributed by atoms with Crippen LogP contribution in [0.5, 0.6) is 11.5 Å². The molecule has 1 atom stereocenters. The lowest BCUT2D eigenvalue weighted by Gasteiger charge is -2.24. The van der Waals surface area contributed by atoms with Crippen LogP contribution in [0, 0.1) is 0 Å². The van der Waals surface area contributed by atoms with Crippen molar-refractivity contribution < 1.29 is 23.8 Å². The Labute approximate surface area is 164 Å². The SMILES string of the molecule is COc1cc(/C=C/C(=O)OC(C)C(=O)NC2CCCCC2)cc(Cl)c1OC. The quantitative estimate of drug-likeness (QED) is 0.562. The Balaban J connectivity index is 1.92. The lowest BCUT2D eigenvalue weighted by Crippen LogP contribution is -2.42. The molecule has 0 spiro atoms. The van der Waals surface area contributed by atoms with Gasteiger partial charge < -0.3 is 19.5 Å². The molecule has 0 saturated heterocycles. The highest BCUT2D eigenvalue weighted by Crippen LogP contribution is 2.36. The van der Waals surface area contributed by atoms with E-state index in [1.165, 1.54) is 26.7 Å². The zero-order valence-corrected chi connectivity index (χ0v) is 16.7. The maximum Gasteiger partial charge on any atom is 0.331 e. The molecule has 1 unspecified atom stereocenters. The van der Waals surface area contributed by atoms with Crippen molar-refractivity contribution in [2.75, 3.05) is 14.2 Å². The van der Waals surface area contributed by atoms with Crippen molar-refractivity contribution in [1.29, 1.82) is 0 Å². The first-order valence-corrected chi connectivity index (χ1v) is 9.43. The van der Waals surface area contributed by atoms with E-state index in [1.54, 1.807) is 25.1 Å². The minimum absolute atomic E-state index is 0.178. The number of halogens is 1. The second-order valence-corrected chi connectivity index (χ2v) is 6.90. The molecule has 0 aromatic heterocycles. The van der Waals surface area contributed by atoms with Crippen molar-refractivity contribution >= 4 is 29.6 Å². The lowest BCUT2D eigenvalue weighted by atomic mass is 9.95. The van der Waals surface area contributed by atoms with Crippen LogP contribution in [0.4, 0.5) is 0 Å². The van der Waals surface area contributed by atoms with Gasteiger partial charge >= 0.3 is 5.97 Å². The molecular formula is C20H26ClNO5. The Bertz CT molecular complexity index is 698. The number of hydrogen-bond donors (Lipinski definition) is 1. The van der Waals surface area contributed by atoms with Gasteiger partial charge in [-0.05, 0) is 43.5 Å². The molecule has 6 nitrogen and oxygen atoms in total. The van der Waals surface area contributed by atoms with Crippen LogP contribution in [0.3, 0.4) is 0 Å². The first-order chi connectivity index (χ1) is 12.9. The molecule has 2 rings (SSSR count). The van der Waals surface area contributed by atoms with Crippen LogP contribution in [0.15, 0.2) is 18.2 Å². The van der Waals surface area contributed by atoms with Crippen LogP contribution in [0.2, 0.25) is 5.02 Å². The first-order valence-electron chi connectivity index (χ1n) is 9.05. The molecule has 1 aromatic rings. The fourth-order valence-electron chi connectivity index (χ4n) is 3.03. The number of esters is 1. The molecule has 0 bridgehead atoms. The molecule has 1 aliphatic rings. The van der Waals surface area contributed by atoms with Gasteiger partial charge in [-0.2, -0.15) is 0 Å². The highest BCUT2D eigenvalue weighted by molar-refractivity contribution is 6.32. The van der Waals surface area contributed by atoms with Crippen molar-refractivity contribution in [3.05, 3.63) is 28.8 Å². The van der Waals surface area contributed by atoms with Crippen molar-refractivity contribution in [2.45, 2.75) is 51.2 Å². The van der Waals surface area contributed by atoms with E-state index in [1.807, 2.05) is 0 Å². The van der Waals surface area contributed by atoms with Crippen molar-refractivity contribution in [1.82, 2.24) is 5.32 Å². The highest BCUT2D eigenvalue weighted by Gasteiger charge is 2.21. The van der Waals surface area contributed by atoms with Gasteiger partial charge in [0.1, 0.15) is 0 Å². The van der Waals surface area contributed by atoms with Crippen LogP contribution in [-0.2, 0) is 14.3 Å². The Morgan fingerprint density at radius 1 is 1.19 bits per heavy atom. The summed E-state index contributed by atoms with van der Waals surface area (Å²) in [5.74, 6) is 0.00940. The monoisotopic (exact) mass is 395 g/mol. The van der Waals surface area contributed by atoms with Crippen LogP contribution in [0.25, 0.3) is 6.08 Å².